The second-order valence-corrected chi connectivity index (χ2v) is 4.66. The highest BCUT2D eigenvalue weighted by atomic mass is 16.5. The van der Waals surface area contributed by atoms with E-state index >= 15 is 0 Å². The normalized spacial score (nSPS) is 16.5. The van der Waals surface area contributed by atoms with Crippen LogP contribution in [-0.4, -0.2) is 58.4 Å². The van der Waals surface area contributed by atoms with Crippen LogP contribution < -0.4 is 20.1 Å². The quantitative estimate of drug-likeness (QED) is 0.853. The number of hydrogen-bond acceptors (Lipinski definition) is 5. The Labute approximate surface area is 114 Å². The molecular weight excluding hydrogens is 242 g/mol. The van der Waals surface area contributed by atoms with Crippen molar-refractivity contribution in [3.8, 4) is 11.5 Å². The van der Waals surface area contributed by atoms with E-state index in [4.69, 9.17) is 15.2 Å². The van der Waals surface area contributed by atoms with Gasteiger partial charge in [-0.1, -0.05) is 0 Å². The molecule has 0 amide bonds. The van der Waals surface area contributed by atoms with E-state index in [1.165, 1.54) is 5.69 Å². The molecule has 1 saturated heterocycles. The van der Waals surface area contributed by atoms with Crippen LogP contribution in [0.2, 0.25) is 0 Å². The van der Waals surface area contributed by atoms with Crippen molar-refractivity contribution in [3.63, 3.8) is 0 Å². The molecule has 0 bridgehead atoms. The standard InChI is InChI=1S/C14H23N3O2/c1-18-13-4-3-12(11-14(13)19-2)17-9-7-16(6-5-15)8-10-17/h3-4,11H,5-10,15H2,1-2H3. The fraction of sp³-hybridized carbons (Fsp3) is 0.571. The largest absolute Gasteiger partial charge is 0.493 e. The van der Waals surface area contributed by atoms with Gasteiger partial charge in [0.05, 0.1) is 14.2 Å². The van der Waals surface area contributed by atoms with E-state index in [1.54, 1.807) is 14.2 Å². The number of anilines is 1. The molecule has 0 radical (unpaired) electrons. The molecule has 2 N–H and O–H groups in total. The molecule has 5 heteroatoms. The lowest BCUT2D eigenvalue weighted by atomic mass is 10.2. The summed E-state index contributed by atoms with van der Waals surface area (Å²) in [6.45, 7) is 5.89. The number of rotatable bonds is 5. The van der Waals surface area contributed by atoms with Crippen LogP contribution in [0.15, 0.2) is 18.2 Å². The van der Waals surface area contributed by atoms with Crippen LogP contribution in [0.25, 0.3) is 0 Å². The van der Waals surface area contributed by atoms with Gasteiger partial charge in [0.25, 0.3) is 0 Å². The molecule has 1 aromatic carbocycles. The summed E-state index contributed by atoms with van der Waals surface area (Å²) in [5.74, 6) is 1.55. The molecule has 106 valence electrons. The lowest BCUT2D eigenvalue weighted by Crippen LogP contribution is -2.47. The van der Waals surface area contributed by atoms with Crippen LogP contribution in [0, 0.1) is 0 Å². The van der Waals surface area contributed by atoms with Crippen LogP contribution in [0.5, 0.6) is 11.5 Å². The molecule has 1 aliphatic rings. The average molecular weight is 265 g/mol. The fourth-order valence-corrected chi connectivity index (χ4v) is 2.43. The zero-order valence-corrected chi connectivity index (χ0v) is 11.8. The molecule has 1 aromatic rings. The van der Waals surface area contributed by atoms with Gasteiger partial charge in [0.1, 0.15) is 0 Å². The Morgan fingerprint density at radius 3 is 2.32 bits per heavy atom. The van der Waals surface area contributed by atoms with Crippen molar-refractivity contribution in [2.45, 2.75) is 0 Å². The van der Waals surface area contributed by atoms with Gasteiger partial charge in [-0.2, -0.15) is 0 Å². The van der Waals surface area contributed by atoms with E-state index in [9.17, 15) is 0 Å². The van der Waals surface area contributed by atoms with Gasteiger partial charge in [-0.15, -0.1) is 0 Å². The van der Waals surface area contributed by atoms with Gasteiger partial charge in [-0.25, -0.2) is 0 Å². The Morgan fingerprint density at radius 2 is 1.74 bits per heavy atom. The first kappa shape index (κ1) is 14.0. The molecule has 19 heavy (non-hydrogen) atoms. The molecule has 0 spiro atoms. The number of benzene rings is 1. The summed E-state index contributed by atoms with van der Waals surface area (Å²) in [5.41, 5.74) is 6.77. The minimum atomic E-state index is 0.732. The summed E-state index contributed by atoms with van der Waals surface area (Å²) in [7, 11) is 3.32. The number of piperazine rings is 1. The molecule has 1 aliphatic heterocycles. The van der Waals surface area contributed by atoms with E-state index in [1.807, 2.05) is 12.1 Å². The van der Waals surface area contributed by atoms with Crippen molar-refractivity contribution in [3.05, 3.63) is 18.2 Å². The van der Waals surface area contributed by atoms with Crippen LogP contribution in [-0.2, 0) is 0 Å². The summed E-state index contributed by atoms with van der Waals surface area (Å²) in [4.78, 5) is 4.77. The maximum Gasteiger partial charge on any atom is 0.162 e. The molecular formula is C14H23N3O2. The first-order chi connectivity index (χ1) is 9.28. The van der Waals surface area contributed by atoms with Crippen LogP contribution in [0.4, 0.5) is 5.69 Å². The predicted octanol–water partition coefficient (Wildman–Crippen LogP) is 0.785. The van der Waals surface area contributed by atoms with Crippen LogP contribution in [0.3, 0.4) is 0 Å². The SMILES string of the molecule is COc1ccc(N2CCN(CCN)CC2)cc1OC. The first-order valence-electron chi connectivity index (χ1n) is 6.68. The van der Waals surface area contributed by atoms with Crippen LogP contribution >= 0.6 is 0 Å². The highest BCUT2D eigenvalue weighted by Crippen LogP contribution is 2.31. The molecule has 1 heterocycles. The Morgan fingerprint density at radius 1 is 1.05 bits per heavy atom. The highest BCUT2D eigenvalue weighted by molar-refractivity contribution is 5.56. The highest BCUT2D eigenvalue weighted by Gasteiger charge is 2.17. The van der Waals surface area contributed by atoms with Crippen molar-refractivity contribution in [2.24, 2.45) is 5.73 Å². The van der Waals surface area contributed by atoms with Gasteiger partial charge in [-0.3, -0.25) is 4.90 Å². The van der Waals surface area contributed by atoms with Gasteiger partial charge >= 0.3 is 0 Å². The number of ether oxygens (including phenoxy) is 2. The lowest BCUT2D eigenvalue weighted by molar-refractivity contribution is 0.264. The number of nitrogens with two attached hydrogens (primary N) is 1. The predicted molar refractivity (Wildman–Crippen MR) is 77.3 cm³/mol. The summed E-state index contributed by atoms with van der Waals surface area (Å²) in [6, 6.07) is 6.08. The van der Waals surface area contributed by atoms with E-state index in [2.05, 4.69) is 15.9 Å². The molecule has 0 unspecified atom stereocenters. The monoisotopic (exact) mass is 265 g/mol. The minimum Gasteiger partial charge on any atom is -0.493 e. The summed E-state index contributed by atoms with van der Waals surface area (Å²) >= 11 is 0. The summed E-state index contributed by atoms with van der Waals surface area (Å²) in [5, 5.41) is 0. The third kappa shape index (κ3) is 3.30. The Kier molecular flexibility index (Phi) is 4.87. The molecule has 0 atom stereocenters. The van der Waals surface area contributed by atoms with Crippen molar-refractivity contribution in [2.75, 3.05) is 58.4 Å². The van der Waals surface area contributed by atoms with Crippen molar-refractivity contribution in [1.82, 2.24) is 4.90 Å². The van der Waals surface area contributed by atoms with Gasteiger partial charge in [-0.05, 0) is 12.1 Å². The third-order valence-corrected chi connectivity index (χ3v) is 3.55. The van der Waals surface area contributed by atoms with Crippen molar-refractivity contribution >= 4 is 5.69 Å². The van der Waals surface area contributed by atoms with Crippen molar-refractivity contribution < 1.29 is 9.47 Å². The molecule has 0 aliphatic carbocycles. The van der Waals surface area contributed by atoms with Gasteiger partial charge in [0.15, 0.2) is 11.5 Å². The van der Waals surface area contributed by atoms with Crippen LogP contribution in [0.1, 0.15) is 0 Å². The summed E-state index contributed by atoms with van der Waals surface area (Å²) < 4.78 is 10.6. The first-order valence-corrected chi connectivity index (χ1v) is 6.68. The van der Waals surface area contributed by atoms with Gasteiger partial charge in [0, 0.05) is 51.0 Å². The van der Waals surface area contributed by atoms with Gasteiger partial charge < -0.3 is 20.1 Å². The Hall–Kier alpha value is -1.46. The number of methoxy groups -OCH3 is 2. The van der Waals surface area contributed by atoms with E-state index in [-0.39, 0.29) is 0 Å². The average Bonchev–Trinajstić information content (AvgIpc) is 2.47. The molecule has 0 aromatic heterocycles. The van der Waals surface area contributed by atoms with E-state index in [0.29, 0.717) is 0 Å². The second kappa shape index (κ2) is 6.63. The van der Waals surface area contributed by atoms with E-state index < -0.39 is 0 Å². The van der Waals surface area contributed by atoms with Gasteiger partial charge in [0.2, 0.25) is 0 Å². The minimum absolute atomic E-state index is 0.732. The topological polar surface area (TPSA) is 51.0 Å². The Bertz CT molecular complexity index is 404. The maximum absolute atomic E-state index is 5.59. The fourth-order valence-electron chi connectivity index (χ4n) is 2.43. The Balaban J connectivity index is 2.03. The van der Waals surface area contributed by atoms with Crippen molar-refractivity contribution in [1.29, 1.82) is 0 Å². The molecule has 5 nitrogen and oxygen atoms in total. The molecule has 1 fully saturated rings. The zero-order valence-electron chi connectivity index (χ0n) is 11.8. The zero-order chi connectivity index (χ0) is 13.7. The maximum atomic E-state index is 5.59. The smallest absolute Gasteiger partial charge is 0.162 e. The molecule has 2 rings (SSSR count). The number of nitrogens with zero attached hydrogens (tertiary/aromatic N) is 2. The van der Waals surface area contributed by atoms with E-state index in [0.717, 1.165) is 50.8 Å². The number of hydrogen-bond donors (Lipinski definition) is 1. The lowest BCUT2D eigenvalue weighted by Gasteiger charge is -2.36. The third-order valence-electron chi connectivity index (χ3n) is 3.55. The molecule has 0 saturated carbocycles. The second-order valence-electron chi connectivity index (χ2n) is 4.66. The summed E-state index contributed by atoms with van der Waals surface area (Å²) in [6.07, 6.45) is 0.